The Balaban J connectivity index is 2.24. The minimum atomic E-state index is -0.318. The zero-order valence-corrected chi connectivity index (χ0v) is 12.5. The van der Waals surface area contributed by atoms with Gasteiger partial charge in [-0.1, -0.05) is 32.0 Å². The van der Waals surface area contributed by atoms with Crippen LogP contribution in [0.4, 0.5) is 5.69 Å². The third kappa shape index (κ3) is 3.78. The monoisotopic (exact) mass is 285 g/mol. The van der Waals surface area contributed by atoms with Crippen molar-refractivity contribution in [3.8, 4) is 0 Å². The SMILES string of the molecule is Cc1ccccc1NC(=O)c1ccc(=O)n(CC(C)C)n1. The molecular formula is C16H19N3O2. The fourth-order valence-electron chi connectivity index (χ4n) is 1.95. The summed E-state index contributed by atoms with van der Waals surface area (Å²) in [5.41, 5.74) is 1.75. The number of hydrogen-bond acceptors (Lipinski definition) is 3. The molecule has 1 aromatic carbocycles. The first-order valence-corrected chi connectivity index (χ1v) is 6.92. The first kappa shape index (κ1) is 15.0. The zero-order chi connectivity index (χ0) is 15.4. The Bertz CT molecular complexity index is 705. The summed E-state index contributed by atoms with van der Waals surface area (Å²) < 4.78 is 1.33. The average molecular weight is 285 g/mol. The molecule has 0 bridgehead atoms. The van der Waals surface area contributed by atoms with Gasteiger partial charge in [0.2, 0.25) is 0 Å². The lowest BCUT2D eigenvalue weighted by atomic mass is 10.2. The van der Waals surface area contributed by atoms with E-state index in [0.29, 0.717) is 6.54 Å². The summed E-state index contributed by atoms with van der Waals surface area (Å²) in [7, 11) is 0. The van der Waals surface area contributed by atoms with E-state index in [9.17, 15) is 9.59 Å². The molecule has 110 valence electrons. The Morgan fingerprint density at radius 1 is 1.24 bits per heavy atom. The molecule has 1 N–H and O–H groups in total. The van der Waals surface area contributed by atoms with Crippen LogP contribution in [0.1, 0.15) is 29.9 Å². The van der Waals surface area contributed by atoms with Gasteiger partial charge in [-0.05, 0) is 30.5 Å². The van der Waals surface area contributed by atoms with Crippen LogP contribution in [0.5, 0.6) is 0 Å². The highest BCUT2D eigenvalue weighted by Gasteiger charge is 2.11. The van der Waals surface area contributed by atoms with Crippen molar-refractivity contribution in [3.63, 3.8) is 0 Å². The molecule has 0 atom stereocenters. The van der Waals surface area contributed by atoms with E-state index in [-0.39, 0.29) is 23.1 Å². The van der Waals surface area contributed by atoms with Crippen molar-refractivity contribution in [2.24, 2.45) is 5.92 Å². The topological polar surface area (TPSA) is 64.0 Å². The number of benzene rings is 1. The number of amides is 1. The molecule has 5 heteroatoms. The number of aromatic nitrogens is 2. The Labute approximate surface area is 123 Å². The maximum Gasteiger partial charge on any atom is 0.276 e. The van der Waals surface area contributed by atoms with Gasteiger partial charge < -0.3 is 5.32 Å². The Kier molecular flexibility index (Phi) is 4.52. The normalized spacial score (nSPS) is 10.7. The minimum Gasteiger partial charge on any atom is -0.320 e. The van der Waals surface area contributed by atoms with Crippen molar-refractivity contribution in [1.29, 1.82) is 0 Å². The molecule has 1 heterocycles. The Morgan fingerprint density at radius 3 is 2.62 bits per heavy atom. The lowest BCUT2D eigenvalue weighted by molar-refractivity contribution is 0.101. The van der Waals surface area contributed by atoms with Gasteiger partial charge in [0.05, 0.1) is 0 Å². The van der Waals surface area contributed by atoms with E-state index in [4.69, 9.17) is 0 Å². The molecule has 21 heavy (non-hydrogen) atoms. The predicted octanol–water partition coefficient (Wildman–Crippen LogP) is 2.46. The van der Waals surface area contributed by atoms with Gasteiger partial charge in [0.25, 0.3) is 11.5 Å². The molecule has 0 saturated carbocycles. The van der Waals surface area contributed by atoms with Crippen molar-refractivity contribution < 1.29 is 4.79 Å². The molecule has 0 aliphatic heterocycles. The number of nitrogens with one attached hydrogen (secondary N) is 1. The van der Waals surface area contributed by atoms with E-state index in [1.807, 2.05) is 45.0 Å². The maximum absolute atomic E-state index is 12.2. The van der Waals surface area contributed by atoms with Crippen LogP contribution in [0, 0.1) is 12.8 Å². The molecule has 5 nitrogen and oxygen atoms in total. The van der Waals surface area contributed by atoms with Crippen LogP contribution in [0.25, 0.3) is 0 Å². The smallest absolute Gasteiger partial charge is 0.276 e. The van der Waals surface area contributed by atoms with E-state index in [2.05, 4.69) is 10.4 Å². The highest BCUT2D eigenvalue weighted by molar-refractivity contribution is 6.03. The molecule has 0 unspecified atom stereocenters. The van der Waals surface area contributed by atoms with E-state index in [1.54, 1.807) is 0 Å². The number of carbonyl (C=O) groups excluding carboxylic acids is 1. The quantitative estimate of drug-likeness (QED) is 0.938. The van der Waals surface area contributed by atoms with Gasteiger partial charge >= 0.3 is 0 Å². The minimum absolute atomic E-state index is 0.198. The molecule has 0 fully saturated rings. The summed E-state index contributed by atoms with van der Waals surface area (Å²) in [6, 6.07) is 10.3. The van der Waals surface area contributed by atoms with Crippen molar-refractivity contribution in [1.82, 2.24) is 9.78 Å². The van der Waals surface area contributed by atoms with Crippen molar-refractivity contribution in [2.75, 3.05) is 5.32 Å². The average Bonchev–Trinajstić information content (AvgIpc) is 2.43. The van der Waals surface area contributed by atoms with Gasteiger partial charge in [-0.15, -0.1) is 0 Å². The van der Waals surface area contributed by atoms with Crippen molar-refractivity contribution in [2.45, 2.75) is 27.3 Å². The second kappa shape index (κ2) is 6.35. The molecule has 0 radical (unpaired) electrons. The van der Waals surface area contributed by atoms with Crippen LogP contribution >= 0.6 is 0 Å². The van der Waals surface area contributed by atoms with E-state index < -0.39 is 0 Å². The first-order valence-electron chi connectivity index (χ1n) is 6.92. The van der Waals surface area contributed by atoms with Gasteiger partial charge in [-0.3, -0.25) is 9.59 Å². The number of hydrogen-bond donors (Lipinski definition) is 1. The molecular weight excluding hydrogens is 266 g/mol. The summed E-state index contributed by atoms with van der Waals surface area (Å²) in [6.07, 6.45) is 0. The van der Waals surface area contributed by atoms with Crippen LogP contribution in [0.3, 0.4) is 0 Å². The molecule has 2 aromatic rings. The highest BCUT2D eigenvalue weighted by atomic mass is 16.2. The van der Waals surface area contributed by atoms with Gasteiger partial charge in [0.15, 0.2) is 0 Å². The third-order valence-corrected chi connectivity index (χ3v) is 3.03. The summed E-state index contributed by atoms with van der Waals surface area (Å²) in [4.78, 5) is 23.9. The molecule has 0 saturated heterocycles. The van der Waals surface area contributed by atoms with Gasteiger partial charge in [0, 0.05) is 18.3 Å². The van der Waals surface area contributed by atoms with Crippen LogP contribution in [-0.4, -0.2) is 15.7 Å². The maximum atomic E-state index is 12.2. The van der Waals surface area contributed by atoms with Crippen molar-refractivity contribution in [3.05, 3.63) is 58.0 Å². The number of carbonyl (C=O) groups is 1. The second-order valence-electron chi connectivity index (χ2n) is 5.40. The van der Waals surface area contributed by atoms with E-state index in [0.717, 1.165) is 11.3 Å². The standard InChI is InChI=1S/C16H19N3O2/c1-11(2)10-19-15(20)9-8-14(18-19)16(21)17-13-7-5-4-6-12(13)3/h4-9,11H,10H2,1-3H3,(H,17,21). The summed E-state index contributed by atoms with van der Waals surface area (Å²) in [5, 5.41) is 6.94. The first-order chi connectivity index (χ1) is 9.97. The predicted molar refractivity (Wildman–Crippen MR) is 82.5 cm³/mol. The molecule has 0 spiro atoms. The Morgan fingerprint density at radius 2 is 1.95 bits per heavy atom. The molecule has 1 aromatic heterocycles. The largest absolute Gasteiger partial charge is 0.320 e. The summed E-state index contributed by atoms with van der Waals surface area (Å²) in [6.45, 7) is 6.40. The van der Waals surface area contributed by atoms with Gasteiger partial charge in [-0.25, -0.2) is 4.68 Å². The third-order valence-electron chi connectivity index (χ3n) is 3.03. The highest BCUT2D eigenvalue weighted by Crippen LogP contribution is 2.13. The lowest BCUT2D eigenvalue weighted by Gasteiger charge is -2.10. The fourth-order valence-corrected chi connectivity index (χ4v) is 1.95. The zero-order valence-electron chi connectivity index (χ0n) is 12.5. The second-order valence-corrected chi connectivity index (χ2v) is 5.40. The lowest BCUT2D eigenvalue weighted by Crippen LogP contribution is -2.27. The molecule has 1 amide bonds. The van der Waals surface area contributed by atoms with Crippen LogP contribution < -0.4 is 10.9 Å². The van der Waals surface area contributed by atoms with E-state index in [1.165, 1.54) is 16.8 Å². The summed E-state index contributed by atoms with van der Waals surface area (Å²) >= 11 is 0. The van der Waals surface area contributed by atoms with Gasteiger partial charge in [0.1, 0.15) is 5.69 Å². The van der Waals surface area contributed by atoms with E-state index >= 15 is 0 Å². The summed E-state index contributed by atoms with van der Waals surface area (Å²) in [5.74, 6) is -0.0355. The molecule has 0 aliphatic rings. The van der Waals surface area contributed by atoms with Crippen LogP contribution in [0.2, 0.25) is 0 Å². The molecule has 0 aliphatic carbocycles. The van der Waals surface area contributed by atoms with Crippen LogP contribution in [0.15, 0.2) is 41.2 Å². The Hall–Kier alpha value is -2.43. The number of rotatable bonds is 4. The number of para-hydroxylation sites is 1. The number of anilines is 1. The number of nitrogens with zero attached hydrogens (tertiary/aromatic N) is 2. The van der Waals surface area contributed by atoms with Crippen molar-refractivity contribution >= 4 is 11.6 Å². The number of aryl methyl sites for hydroxylation is 1. The fraction of sp³-hybridized carbons (Fsp3) is 0.312. The molecule has 2 rings (SSSR count). The van der Waals surface area contributed by atoms with Gasteiger partial charge in [-0.2, -0.15) is 5.10 Å². The van der Waals surface area contributed by atoms with Crippen LogP contribution in [-0.2, 0) is 6.54 Å².